The van der Waals surface area contributed by atoms with Crippen LogP contribution >= 0.6 is 0 Å². The molecule has 5 heteroatoms. The Balaban J connectivity index is 2.80. The molecule has 0 atom stereocenters. The molecule has 0 N–H and O–H groups in total. The molecular formula is C14H16N2O3. The van der Waals surface area contributed by atoms with Gasteiger partial charge < -0.3 is 9.69 Å². The molecule has 0 aliphatic carbocycles. The van der Waals surface area contributed by atoms with Gasteiger partial charge >= 0.3 is 6.03 Å². The molecule has 1 rings (SSSR count). The maximum Gasteiger partial charge on any atom is 0.326 e. The summed E-state index contributed by atoms with van der Waals surface area (Å²) in [6.45, 7) is -0.255. The molecule has 1 aromatic carbocycles. The zero-order valence-electron chi connectivity index (χ0n) is 10.9. The van der Waals surface area contributed by atoms with Gasteiger partial charge in [-0.25, -0.2) is 4.79 Å². The van der Waals surface area contributed by atoms with Gasteiger partial charge in [0.1, 0.15) is 6.29 Å². The monoisotopic (exact) mass is 260 g/mol. The summed E-state index contributed by atoms with van der Waals surface area (Å²) >= 11 is 0. The first kappa shape index (κ1) is 14.6. The van der Waals surface area contributed by atoms with Crippen molar-refractivity contribution >= 4 is 24.3 Å². The minimum atomic E-state index is -0.519. The second kappa shape index (κ2) is 7.10. The molecule has 5 nitrogen and oxygen atoms in total. The van der Waals surface area contributed by atoms with Crippen LogP contribution in [0.3, 0.4) is 0 Å². The molecule has 0 fully saturated rings. The summed E-state index contributed by atoms with van der Waals surface area (Å²) < 4.78 is 0. The van der Waals surface area contributed by atoms with Crippen molar-refractivity contribution in [3.05, 3.63) is 42.0 Å². The van der Waals surface area contributed by atoms with Gasteiger partial charge in [-0.15, -0.1) is 0 Å². The molecule has 0 heterocycles. The topological polar surface area (TPSA) is 57.7 Å². The number of imide groups is 1. The third-order valence-corrected chi connectivity index (χ3v) is 2.35. The highest BCUT2D eigenvalue weighted by molar-refractivity contribution is 6.03. The highest BCUT2D eigenvalue weighted by Crippen LogP contribution is 2.03. The van der Waals surface area contributed by atoms with Gasteiger partial charge in [-0.05, 0) is 11.6 Å². The van der Waals surface area contributed by atoms with Gasteiger partial charge in [-0.3, -0.25) is 9.69 Å². The average Bonchev–Trinajstić information content (AvgIpc) is 2.42. The molecule has 1 aromatic rings. The predicted molar refractivity (Wildman–Crippen MR) is 72.3 cm³/mol. The highest BCUT2D eigenvalue weighted by Gasteiger charge is 2.20. The summed E-state index contributed by atoms with van der Waals surface area (Å²) in [6, 6.07) is 8.71. The first-order valence-corrected chi connectivity index (χ1v) is 5.76. The van der Waals surface area contributed by atoms with Crippen LogP contribution in [0.25, 0.3) is 6.08 Å². The summed E-state index contributed by atoms with van der Waals surface area (Å²) in [7, 11) is 3.04. The second-order valence-electron chi connectivity index (χ2n) is 4.04. The van der Waals surface area contributed by atoms with E-state index in [4.69, 9.17) is 0 Å². The van der Waals surface area contributed by atoms with Crippen LogP contribution < -0.4 is 0 Å². The largest absolute Gasteiger partial charge is 0.330 e. The number of nitrogens with zero attached hydrogens (tertiary/aromatic N) is 2. The molecule has 19 heavy (non-hydrogen) atoms. The molecule has 3 amide bonds. The Labute approximate surface area is 112 Å². The van der Waals surface area contributed by atoms with E-state index >= 15 is 0 Å². The Kier molecular flexibility index (Phi) is 5.47. The normalized spacial score (nSPS) is 10.2. The van der Waals surface area contributed by atoms with Gasteiger partial charge in [0.25, 0.3) is 5.91 Å². The molecule has 0 saturated carbocycles. The van der Waals surface area contributed by atoms with Crippen molar-refractivity contribution in [1.82, 2.24) is 9.80 Å². The Hall–Kier alpha value is -2.43. The zero-order valence-corrected chi connectivity index (χ0v) is 10.9. The number of hydrogen-bond donors (Lipinski definition) is 0. The van der Waals surface area contributed by atoms with E-state index in [1.165, 1.54) is 25.1 Å². The summed E-state index contributed by atoms with van der Waals surface area (Å²) in [6.07, 6.45) is 3.40. The van der Waals surface area contributed by atoms with Crippen LogP contribution in [-0.4, -0.2) is 48.7 Å². The molecule has 100 valence electrons. The van der Waals surface area contributed by atoms with Crippen LogP contribution in [0.5, 0.6) is 0 Å². The van der Waals surface area contributed by atoms with E-state index in [0.717, 1.165) is 10.5 Å². The van der Waals surface area contributed by atoms with E-state index in [9.17, 15) is 14.4 Å². The number of rotatable bonds is 4. The summed E-state index contributed by atoms with van der Waals surface area (Å²) in [5.41, 5.74) is 0.846. The van der Waals surface area contributed by atoms with Crippen molar-refractivity contribution in [3.63, 3.8) is 0 Å². The molecule has 0 spiro atoms. The van der Waals surface area contributed by atoms with Crippen LogP contribution in [-0.2, 0) is 9.59 Å². The second-order valence-corrected chi connectivity index (χ2v) is 4.04. The van der Waals surface area contributed by atoms with Crippen molar-refractivity contribution in [3.8, 4) is 0 Å². The Bertz CT molecular complexity index is 481. The fraction of sp³-hybridized carbons (Fsp3) is 0.214. The van der Waals surface area contributed by atoms with Gasteiger partial charge in [-0.1, -0.05) is 30.3 Å². The smallest absolute Gasteiger partial charge is 0.326 e. The van der Waals surface area contributed by atoms with Crippen molar-refractivity contribution in [2.24, 2.45) is 0 Å². The lowest BCUT2D eigenvalue weighted by atomic mass is 10.2. The Morgan fingerprint density at radius 1 is 1.16 bits per heavy atom. The minimum Gasteiger partial charge on any atom is -0.330 e. The van der Waals surface area contributed by atoms with E-state index in [1.54, 1.807) is 6.08 Å². The number of aldehydes is 1. The lowest BCUT2D eigenvalue weighted by molar-refractivity contribution is -0.125. The van der Waals surface area contributed by atoms with Gasteiger partial charge in [0.05, 0.1) is 6.54 Å². The fourth-order valence-corrected chi connectivity index (χ4v) is 1.40. The van der Waals surface area contributed by atoms with E-state index in [1.807, 2.05) is 30.3 Å². The maximum atomic E-state index is 11.9. The van der Waals surface area contributed by atoms with Crippen LogP contribution in [0.4, 0.5) is 4.79 Å². The van der Waals surface area contributed by atoms with Crippen LogP contribution in [0.1, 0.15) is 5.56 Å². The van der Waals surface area contributed by atoms with Gasteiger partial charge in [0, 0.05) is 20.2 Å². The lowest BCUT2D eigenvalue weighted by Gasteiger charge is -2.20. The van der Waals surface area contributed by atoms with Crippen molar-refractivity contribution in [2.45, 2.75) is 0 Å². The highest BCUT2D eigenvalue weighted by atomic mass is 16.2. The predicted octanol–water partition coefficient (Wildman–Crippen LogP) is 1.41. The maximum absolute atomic E-state index is 11.9. The summed E-state index contributed by atoms with van der Waals surface area (Å²) in [5, 5.41) is 0. The molecule has 0 radical (unpaired) electrons. The summed E-state index contributed by atoms with van der Waals surface area (Å²) in [4.78, 5) is 36.3. The number of carbonyl (C=O) groups is 3. The van der Waals surface area contributed by atoms with Crippen molar-refractivity contribution < 1.29 is 14.4 Å². The Morgan fingerprint density at radius 3 is 2.32 bits per heavy atom. The van der Waals surface area contributed by atoms with E-state index in [2.05, 4.69) is 0 Å². The molecule has 0 aromatic heterocycles. The molecule has 0 aliphatic rings. The fourth-order valence-electron chi connectivity index (χ4n) is 1.40. The van der Waals surface area contributed by atoms with Crippen molar-refractivity contribution in [2.75, 3.05) is 20.6 Å². The van der Waals surface area contributed by atoms with Gasteiger partial charge in [0.2, 0.25) is 0 Å². The van der Waals surface area contributed by atoms with Crippen LogP contribution in [0, 0.1) is 0 Å². The zero-order chi connectivity index (χ0) is 14.3. The SMILES string of the molecule is CN(C)C(=O)N(CC=O)C(=O)C=Cc1ccccc1. The van der Waals surface area contributed by atoms with Crippen LogP contribution in [0.15, 0.2) is 36.4 Å². The number of urea groups is 1. The third-order valence-electron chi connectivity index (χ3n) is 2.35. The van der Waals surface area contributed by atoms with E-state index in [-0.39, 0.29) is 6.54 Å². The van der Waals surface area contributed by atoms with Gasteiger partial charge in [-0.2, -0.15) is 0 Å². The first-order chi connectivity index (χ1) is 9.06. The van der Waals surface area contributed by atoms with Crippen LogP contribution in [0.2, 0.25) is 0 Å². The lowest BCUT2D eigenvalue weighted by Crippen LogP contribution is -2.43. The number of hydrogen-bond acceptors (Lipinski definition) is 3. The quantitative estimate of drug-likeness (QED) is 0.607. The summed E-state index contributed by atoms with van der Waals surface area (Å²) in [5.74, 6) is -0.519. The molecule has 0 saturated heterocycles. The van der Waals surface area contributed by atoms with E-state index < -0.39 is 11.9 Å². The molecule has 0 aliphatic heterocycles. The number of carbonyl (C=O) groups excluding carboxylic acids is 3. The molecule has 0 bridgehead atoms. The molecule has 0 unspecified atom stereocenters. The number of amides is 3. The minimum absolute atomic E-state index is 0.255. The average molecular weight is 260 g/mol. The first-order valence-electron chi connectivity index (χ1n) is 5.76. The number of benzene rings is 1. The molecular weight excluding hydrogens is 244 g/mol. The van der Waals surface area contributed by atoms with Crippen molar-refractivity contribution in [1.29, 1.82) is 0 Å². The Morgan fingerprint density at radius 2 is 1.79 bits per heavy atom. The third kappa shape index (κ3) is 4.39. The standard InChI is InChI=1S/C14H16N2O3/c1-15(2)14(19)16(10-11-17)13(18)9-8-12-6-4-3-5-7-12/h3-9,11H,10H2,1-2H3. The van der Waals surface area contributed by atoms with E-state index in [0.29, 0.717) is 6.29 Å². The van der Waals surface area contributed by atoms with Gasteiger partial charge in [0.15, 0.2) is 0 Å².